The van der Waals surface area contributed by atoms with Gasteiger partial charge in [-0.2, -0.15) is 4.39 Å². The minimum atomic E-state index is -1.52. The fourth-order valence-electron chi connectivity index (χ4n) is 3.76. The van der Waals surface area contributed by atoms with E-state index in [1.54, 1.807) is 24.3 Å². The summed E-state index contributed by atoms with van der Waals surface area (Å²) in [6, 6.07) is 17.4. The van der Waals surface area contributed by atoms with Crippen molar-refractivity contribution in [3.05, 3.63) is 146 Å². The van der Waals surface area contributed by atoms with E-state index in [9.17, 15) is 36.7 Å². The Labute approximate surface area is 284 Å². The number of esters is 4. The van der Waals surface area contributed by atoms with Crippen molar-refractivity contribution >= 4 is 23.9 Å². The highest BCUT2D eigenvalue weighted by Crippen LogP contribution is 2.34. The highest BCUT2D eigenvalue weighted by atomic mass is 19.2. The topological polar surface area (TPSA) is 105 Å². The van der Waals surface area contributed by atoms with Gasteiger partial charge in [0.1, 0.15) is 11.5 Å². The van der Waals surface area contributed by atoms with Crippen molar-refractivity contribution in [1.29, 1.82) is 0 Å². The number of halogens is 4. The molecule has 0 atom stereocenters. The first-order chi connectivity index (χ1) is 23.6. The molecule has 0 saturated carbocycles. The van der Waals surface area contributed by atoms with Gasteiger partial charge in [-0.05, 0) is 79.1 Å². The molecule has 0 radical (unpaired) electrons. The monoisotopic (exact) mass is 688 g/mol. The molecule has 0 fully saturated rings. The van der Waals surface area contributed by atoms with Crippen LogP contribution in [0, 0.1) is 23.3 Å². The molecule has 0 aromatic heterocycles. The lowest BCUT2D eigenvalue weighted by atomic mass is 10.0. The van der Waals surface area contributed by atoms with Gasteiger partial charge in [0.15, 0.2) is 23.2 Å². The Morgan fingerprint density at radius 3 is 1.38 bits per heavy atom. The summed E-state index contributed by atoms with van der Waals surface area (Å²) >= 11 is 0. The summed E-state index contributed by atoms with van der Waals surface area (Å²) in [7, 11) is 0. The standard InChI is InChI=1S/C20H14F4O4.C18H14O4/c1-9(2)19(25)27-15-6-5-12(16(23)17(15)24)11-7-13(21)18(14(22)8-11)28-20(26)10(3)4;1-3-17(19)21-15-9-5-13(6-10-15)14-7-11-16(12-8-14)22-18(20)4-2/h5-8H,1,3H2,2,4H3;3-12H,1-2H2. The average molecular weight is 689 g/mol. The minimum absolute atomic E-state index is 0.0343. The highest BCUT2D eigenvalue weighted by molar-refractivity contribution is 5.89. The fourth-order valence-corrected chi connectivity index (χ4v) is 3.76. The quantitative estimate of drug-likeness (QED) is 0.0708. The van der Waals surface area contributed by atoms with Crippen LogP contribution in [0.15, 0.2) is 122 Å². The predicted molar refractivity (Wildman–Crippen MR) is 176 cm³/mol. The van der Waals surface area contributed by atoms with Crippen LogP contribution in [0.25, 0.3) is 22.3 Å². The van der Waals surface area contributed by atoms with Gasteiger partial charge in [-0.15, -0.1) is 0 Å². The van der Waals surface area contributed by atoms with Gasteiger partial charge in [0, 0.05) is 28.9 Å². The minimum Gasteiger partial charge on any atom is -0.423 e. The van der Waals surface area contributed by atoms with Crippen LogP contribution in [0.2, 0.25) is 0 Å². The van der Waals surface area contributed by atoms with E-state index < -0.39 is 64.2 Å². The maximum atomic E-state index is 14.3. The molecule has 4 aromatic carbocycles. The van der Waals surface area contributed by atoms with Crippen molar-refractivity contribution in [1.82, 2.24) is 0 Å². The molecule has 4 aromatic rings. The van der Waals surface area contributed by atoms with Gasteiger partial charge in [-0.3, -0.25) is 0 Å². The van der Waals surface area contributed by atoms with Gasteiger partial charge in [0.2, 0.25) is 11.6 Å². The maximum absolute atomic E-state index is 14.3. The molecule has 4 rings (SSSR count). The number of carbonyl (C=O) groups is 4. The first-order valence-electron chi connectivity index (χ1n) is 14.3. The third-order valence-corrected chi connectivity index (χ3v) is 6.26. The van der Waals surface area contributed by atoms with E-state index in [0.717, 1.165) is 35.4 Å². The van der Waals surface area contributed by atoms with Crippen LogP contribution in [-0.2, 0) is 19.2 Å². The normalized spacial score (nSPS) is 10.0. The molecule has 0 heterocycles. The average Bonchev–Trinajstić information content (AvgIpc) is 3.09. The fraction of sp³-hybridized carbons (Fsp3) is 0.0526. The van der Waals surface area contributed by atoms with Gasteiger partial charge in [0.25, 0.3) is 0 Å². The molecule has 0 N–H and O–H groups in total. The van der Waals surface area contributed by atoms with E-state index in [4.69, 9.17) is 9.47 Å². The van der Waals surface area contributed by atoms with Crippen LogP contribution in [0.5, 0.6) is 23.0 Å². The van der Waals surface area contributed by atoms with Crippen LogP contribution in [0.3, 0.4) is 0 Å². The summed E-state index contributed by atoms with van der Waals surface area (Å²) in [5.41, 5.74) is 0.909. The molecular formula is C38H28F4O8. The molecule has 0 spiro atoms. The molecular weight excluding hydrogens is 660 g/mol. The lowest BCUT2D eigenvalue weighted by molar-refractivity contribution is -0.131. The Balaban J connectivity index is 0.000000278. The van der Waals surface area contributed by atoms with E-state index in [2.05, 4.69) is 35.8 Å². The first kappa shape index (κ1) is 37.9. The molecule has 0 aliphatic carbocycles. The van der Waals surface area contributed by atoms with Crippen LogP contribution >= 0.6 is 0 Å². The lowest BCUT2D eigenvalue weighted by Gasteiger charge is -2.11. The molecule has 0 amide bonds. The van der Waals surface area contributed by atoms with E-state index in [1.165, 1.54) is 13.8 Å². The molecule has 256 valence electrons. The number of ether oxygens (including phenoxy) is 4. The van der Waals surface area contributed by atoms with Crippen LogP contribution in [0.1, 0.15) is 13.8 Å². The van der Waals surface area contributed by atoms with Gasteiger partial charge >= 0.3 is 23.9 Å². The zero-order valence-electron chi connectivity index (χ0n) is 26.7. The van der Waals surface area contributed by atoms with Gasteiger partial charge in [-0.1, -0.05) is 50.6 Å². The first-order valence-corrected chi connectivity index (χ1v) is 14.3. The SMILES string of the molecule is C=C(C)C(=O)Oc1ccc(-c2cc(F)c(OC(=O)C(=C)C)c(F)c2)c(F)c1F.C=CC(=O)Oc1ccc(-c2ccc(OC(=O)C=C)cc2)cc1. The van der Waals surface area contributed by atoms with Crippen molar-refractivity contribution in [2.75, 3.05) is 0 Å². The Bertz CT molecular complexity index is 1910. The van der Waals surface area contributed by atoms with E-state index in [-0.39, 0.29) is 16.7 Å². The number of hydrogen-bond donors (Lipinski definition) is 0. The van der Waals surface area contributed by atoms with E-state index >= 15 is 0 Å². The van der Waals surface area contributed by atoms with Gasteiger partial charge in [-0.25, -0.2) is 32.3 Å². The summed E-state index contributed by atoms with van der Waals surface area (Å²) in [6.45, 7) is 15.9. The van der Waals surface area contributed by atoms with E-state index in [1.807, 2.05) is 24.3 Å². The second-order valence-electron chi connectivity index (χ2n) is 10.1. The number of carbonyl (C=O) groups excluding carboxylic acids is 4. The molecule has 0 unspecified atom stereocenters. The highest BCUT2D eigenvalue weighted by Gasteiger charge is 2.22. The van der Waals surface area contributed by atoms with Crippen molar-refractivity contribution in [2.45, 2.75) is 13.8 Å². The summed E-state index contributed by atoms with van der Waals surface area (Å²) < 4.78 is 76.0. The maximum Gasteiger partial charge on any atom is 0.338 e. The third-order valence-electron chi connectivity index (χ3n) is 6.26. The Kier molecular flexibility index (Phi) is 12.9. The molecule has 50 heavy (non-hydrogen) atoms. The largest absolute Gasteiger partial charge is 0.423 e. The molecule has 0 saturated heterocycles. The van der Waals surface area contributed by atoms with Crippen molar-refractivity contribution in [3.63, 3.8) is 0 Å². The molecule has 0 bridgehead atoms. The summed E-state index contributed by atoms with van der Waals surface area (Å²) in [4.78, 5) is 45.1. The van der Waals surface area contributed by atoms with E-state index in [0.29, 0.717) is 23.6 Å². The lowest BCUT2D eigenvalue weighted by Crippen LogP contribution is -2.11. The summed E-state index contributed by atoms with van der Waals surface area (Å²) in [6.07, 6.45) is 2.22. The predicted octanol–water partition coefficient (Wildman–Crippen LogP) is 8.41. The second kappa shape index (κ2) is 17.0. The number of rotatable bonds is 10. The number of benzene rings is 4. The molecule has 0 aliphatic rings. The Morgan fingerprint density at radius 2 is 0.980 bits per heavy atom. The molecule has 12 heteroatoms. The van der Waals surface area contributed by atoms with Gasteiger partial charge < -0.3 is 18.9 Å². The Hall–Kier alpha value is -6.56. The third kappa shape index (κ3) is 9.97. The smallest absolute Gasteiger partial charge is 0.338 e. The zero-order valence-corrected chi connectivity index (χ0v) is 26.7. The Morgan fingerprint density at radius 1 is 0.560 bits per heavy atom. The van der Waals surface area contributed by atoms with Crippen molar-refractivity contribution in [3.8, 4) is 45.3 Å². The zero-order chi connectivity index (χ0) is 37.1. The summed E-state index contributed by atoms with van der Waals surface area (Å²) in [5, 5.41) is 0. The van der Waals surface area contributed by atoms with Crippen LogP contribution < -0.4 is 18.9 Å². The van der Waals surface area contributed by atoms with Crippen molar-refractivity contribution in [2.24, 2.45) is 0 Å². The summed E-state index contributed by atoms with van der Waals surface area (Å²) in [5.74, 6) is -9.43. The van der Waals surface area contributed by atoms with Crippen molar-refractivity contribution < 1.29 is 55.7 Å². The molecule has 0 aliphatic heterocycles. The van der Waals surface area contributed by atoms with Crippen LogP contribution in [-0.4, -0.2) is 23.9 Å². The number of hydrogen-bond acceptors (Lipinski definition) is 8. The second-order valence-corrected chi connectivity index (χ2v) is 10.1. The van der Waals surface area contributed by atoms with Crippen LogP contribution in [0.4, 0.5) is 17.6 Å². The molecule has 8 nitrogen and oxygen atoms in total. The van der Waals surface area contributed by atoms with Gasteiger partial charge in [0.05, 0.1) is 0 Å².